The van der Waals surface area contributed by atoms with Crippen molar-refractivity contribution in [2.45, 2.75) is 6.42 Å². The van der Waals surface area contributed by atoms with E-state index in [2.05, 4.69) is 31.7 Å². The molecule has 0 saturated carbocycles. The zero-order chi connectivity index (χ0) is 11.4. The van der Waals surface area contributed by atoms with Gasteiger partial charge in [0.25, 0.3) is 0 Å². The fraction of sp³-hybridized carbons (Fsp3) is 0.222. The number of halogens is 2. The Morgan fingerprint density at radius 3 is 2.56 bits per heavy atom. The maximum Gasteiger partial charge on any atom is 0.228 e. The van der Waals surface area contributed by atoms with Crippen LogP contribution in [0.2, 0.25) is 10.6 Å². The number of nitrogens with one attached hydrogen (secondary N) is 1. The molecule has 4 nitrogen and oxygen atoms in total. The molecule has 0 bridgehead atoms. The molecule has 0 radical (unpaired) electrons. The van der Waals surface area contributed by atoms with Crippen LogP contribution >= 0.6 is 34.5 Å². The van der Waals surface area contributed by atoms with Gasteiger partial charge in [-0.05, 0) is 52.0 Å². The Morgan fingerprint density at radius 2 is 1.94 bits per heavy atom. The molecular formula is C9H8Cl2N4S. The molecular weight excluding hydrogens is 267 g/mol. The first-order valence-electron chi connectivity index (χ1n) is 4.56. The van der Waals surface area contributed by atoms with Crippen LogP contribution in [-0.2, 0) is 6.42 Å². The van der Waals surface area contributed by atoms with Crippen LogP contribution in [-0.4, -0.2) is 21.5 Å². The first kappa shape index (κ1) is 11.6. The highest BCUT2D eigenvalue weighted by Crippen LogP contribution is 2.10. The lowest BCUT2D eigenvalue weighted by Gasteiger charge is -2.03. The third-order valence-corrected chi connectivity index (χ3v) is 2.93. The highest BCUT2D eigenvalue weighted by Gasteiger charge is 2.02. The van der Waals surface area contributed by atoms with Gasteiger partial charge in [-0.25, -0.2) is 0 Å². The summed E-state index contributed by atoms with van der Waals surface area (Å²) in [4.78, 5) is 11.5. The molecule has 0 atom stereocenters. The molecule has 84 valence electrons. The van der Waals surface area contributed by atoms with Crippen LogP contribution in [0.25, 0.3) is 0 Å². The summed E-state index contributed by atoms with van der Waals surface area (Å²) < 4.78 is 0. The van der Waals surface area contributed by atoms with E-state index in [1.165, 1.54) is 5.56 Å². The zero-order valence-corrected chi connectivity index (χ0v) is 10.5. The van der Waals surface area contributed by atoms with Crippen molar-refractivity contribution in [3.8, 4) is 0 Å². The Hall–Kier alpha value is -0.910. The normalized spacial score (nSPS) is 10.4. The Balaban J connectivity index is 1.89. The summed E-state index contributed by atoms with van der Waals surface area (Å²) in [6.45, 7) is 0.730. The predicted octanol–water partition coefficient (Wildman–Crippen LogP) is 2.89. The van der Waals surface area contributed by atoms with Crippen molar-refractivity contribution in [3.63, 3.8) is 0 Å². The quantitative estimate of drug-likeness (QED) is 0.932. The average Bonchev–Trinajstić information content (AvgIpc) is 2.69. The molecule has 16 heavy (non-hydrogen) atoms. The van der Waals surface area contributed by atoms with Gasteiger partial charge in [-0.1, -0.05) is 0 Å². The van der Waals surface area contributed by atoms with Gasteiger partial charge >= 0.3 is 0 Å². The summed E-state index contributed by atoms with van der Waals surface area (Å²) in [5.74, 6) is 0.403. The van der Waals surface area contributed by atoms with Crippen LogP contribution in [0.5, 0.6) is 0 Å². The topological polar surface area (TPSA) is 50.7 Å². The maximum atomic E-state index is 5.64. The first-order chi connectivity index (χ1) is 7.74. The van der Waals surface area contributed by atoms with Gasteiger partial charge in [0.05, 0.1) is 0 Å². The van der Waals surface area contributed by atoms with Gasteiger partial charge in [-0.3, -0.25) is 0 Å². The van der Waals surface area contributed by atoms with Gasteiger partial charge in [0.1, 0.15) is 0 Å². The van der Waals surface area contributed by atoms with Crippen LogP contribution < -0.4 is 5.32 Å². The van der Waals surface area contributed by atoms with Crippen LogP contribution in [0.1, 0.15) is 5.56 Å². The minimum absolute atomic E-state index is 0.0954. The maximum absolute atomic E-state index is 5.64. The molecule has 2 aromatic heterocycles. The molecule has 7 heteroatoms. The van der Waals surface area contributed by atoms with Crippen LogP contribution in [0.3, 0.4) is 0 Å². The molecule has 0 aromatic carbocycles. The lowest BCUT2D eigenvalue weighted by Crippen LogP contribution is -2.08. The predicted molar refractivity (Wildman–Crippen MR) is 66.4 cm³/mol. The molecule has 2 rings (SSSR count). The number of hydrogen-bond donors (Lipinski definition) is 1. The summed E-state index contributed by atoms with van der Waals surface area (Å²) in [7, 11) is 0. The van der Waals surface area contributed by atoms with Gasteiger partial charge in [-0.2, -0.15) is 26.3 Å². The van der Waals surface area contributed by atoms with Crippen molar-refractivity contribution in [1.29, 1.82) is 0 Å². The SMILES string of the molecule is Clc1nc(Cl)nc(NCCc2ccsc2)n1. The molecule has 0 unspecified atom stereocenters. The second-order valence-corrected chi connectivity index (χ2v) is 4.46. The highest BCUT2D eigenvalue weighted by atomic mass is 35.5. The molecule has 0 aliphatic carbocycles. The van der Waals surface area contributed by atoms with Crippen LogP contribution in [0.15, 0.2) is 16.8 Å². The van der Waals surface area contributed by atoms with Gasteiger partial charge in [0, 0.05) is 6.54 Å². The third-order valence-electron chi connectivity index (χ3n) is 1.86. The Bertz CT molecular complexity index is 440. The fourth-order valence-electron chi connectivity index (χ4n) is 1.16. The number of thiophene rings is 1. The van der Waals surface area contributed by atoms with Crippen molar-refractivity contribution in [2.75, 3.05) is 11.9 Å². The summed E-state index contributed by atoms with van der Waals surface area (Å²) >= 11 is 13.0. The second-order valence-electron chi connectivity index (χ2n) is 3.01. The standard InChI is InChI=1S/C9H8Cl2N4S/c10-7-13-8(11)15-9(14-7)12-3-1-6-2-4-16-5-6/h2,4-5H,1,3H2,(H,12,13,14,15). The van der Waals surface area contributed by atoms with Gasteiger partial charge in [0.15, 0.2) is 0 Å². The van der Waals surface area contributed by atoms with E-state index in [1.54, 1.807) is 11.3 Å². The summed E-state index contributed by atoms with van der Waals surface area (Å²) in [5, 5.41) is 7.38. The van der Waals surface area contributed by atoms with E-state index >= 15 is 0 Å². The van der Waals surface area contributed by atoms with Crippen molar-refractivity contribution in [3.05, 3.63) is 33.0 Å². The van der Waals surface area contributed by atoms with Gasteiger partial charge in [-0.15, -0.1) is 0 Å². The van der Waals surface area contributed by atoms with E-state index in [1.807, 2.05) is 5.38 Å². The van der Waals surface area contributed by atoms with E-state index in [0.717, 1.165) is 13.0 Å². The number of anilines is 1. The van der Waals surface area contributed by atoms with Crippen molar-refractivity contribution in [1.82, 2.24) is 15.0 Å². The molecule has 0 amide bonds. The van der Waals surface area contributed by atoms with E-state index < -0.39 is 0 Å². The minimum atomic E-state index is 0.0954. The molecule has 0 fully saturated rings. The fourth-order valence-corrected chi connectivity index (χ4v) is 2.23. The number of aromatic nitrogens is 3. The Labute approximate surface area is 107 Å². The van der Waals surface area contributed by atoms with Crippen molar-refractivity contribution >= 4 is 40.5 Å². The molecule has 1 N–H and O–H groups in total. The van der Waals surface area contributed by atoms with Crippen molar-refractivity contribution < 1.29 is 0 Å². The monoisotopic (exact) mass is 274 g/mol. The zero-order valence-electron chi connectivity index (χ0n) is 8.15. The third kappa shape index (κ3) is 3.30. The molecule has 2 aromatic rings. The van der Waals surface area contributed by atoms with Gasteiger partial charge in [0.2, 0.25) is 16.5 Å². The molecule has 0 saturated heterocycles. The number of hydrogen-bond acceptors (Lipinski definition) is 5. The van der Waals surface area contributed by atoms with E-state index in [4.69, 9.17) is 23.2 Å². The number of nitrogens with zero attached hydrogens (tertiary/aromatic N) is 3. The minimum Gasteiger partial charge on any atom is -0.354 e. The second kappa shape index (κ2) is 5.43. The van der Waals surface area contributed by atoms with Crippen molar-refractivity contribution in [2.24, 2.45) is 0 Å². The lowest BCUT2D eigenvalue weighted by atomic mass is 10.2. The van der Waals surface area contributed by atoms with Crippen LogP contribution in [0, 0.1) is 0 Å². The molecule has 0 aliphatic rings. The Kier molecular flexibility index (Phi) is 3.93. The van der Waals surface area contributed by atoms with E-state index in [0.29, 0.717) is 5.95 Å². The lowest BCUT2D eigenvalue weighted by molar-refractivity contribution is 0.966. The smallest absolute Gasteiger partial charge is 0.228 e. The van der Waals surface area contributed by atoms with Gasteiger partial charge < -0.3 is 5.32 Å². The molecule has 0 spiro atoms. The Morgan fingerprint density at radius 1 is 1.19 bits per heavy atom. The molecule has 0 aliphatic heterocycles. The summed E-state index contributed by atoms with van der Waals surface area (Å²) in [6, 6.07) is 2.08. The average molecular weight is 275 g/mol. The van der Waals surface area contributed by atoms with E-state index in [-0.39, 0.29) is 10.6 Å². The highest BCUT2D eigenvalue weighted by molar-refractivity contribution is 7.07. The van der Waals surface area contributed by atoms with Crippen LogP contribution in [0.4, 0.5) is 5.95 Å². The summed E-state index contributed by atoms with van der Waals surface area (Å²) in [6.07, 6.45) is 0.907. The molecule has 2 heterocycles. The van der Waals surface area contributed by atoms with E-state index in [9.17, 15) is 0 Å². The largest absolute Gasteiger partial charge is 0.354 e. The number of rotatable bonds is 4. The first-order valence-corrected chi connectivity index (χ1v) is 6.26. The summed E-state index contributed by atoms with van der Waals surface area (Å²) in [5.41, 5.74) is 1.28.